The standard InChI is InChI=1S/C15H17FN2O2S/c1-10-9-13(16)5-8-15(10)18-21(19,20)14-6-3-12(4-7-14)11(2)17/h3-9,11,18H,17H2,1-2H3. The minimum atomic E-state index is -3.70. The van der Waals surface area contributed by atoms with Crippen LogP contribution >= 0.6 is 0 Å². The van der Waals surface area contributed by atoms with Gasteiger partial charge in [-0.3, -0.25) is 4.72 Å². The van der Waals surface area contributed by atoms with Crippen molar-refractivity contribution < 1.29 is 12.8 Å². The molecule has 0 radical (unpaired) electrons. The average molecular weight is 308 g/mol. The van der Waals surface area contributed by atoms with E-state index in [1.165, 1.54) is 30.3 Å². The zero-order valence-electron chi connectivity index (χ0n) is 11.8. The van der Waals surface area contributed by atoms with Crippen molar-refractivity contribution in [1.29, 1.82) is 0 Å². The third-order valence-electron chi connectivity index (χ3n) is 3.15. The van der Waals surface area contributed by atoms with E-state index in [1.807, 2.05) is 6.92 Å². The van der Waals surface area contributed by atoms with Gasteiger partial charge in [0.25, 0.3) is 10.0 Å². The van der Waals surface area contributed by atoms with Crippen LogP contribution in [0, 0.1) is 12.7 Å². The molecule has 0 aliphatic carbocycles. The predicted octanol–water partition coefficient (Wildman–Crippen LogP) is 2.95. The van der Waals surface area contributed by atoms with Gasteiger partial charge in [-0.15, -0.1) is 0 Å². The first kappa shape index (κ1) is 15.5. The zero-order chi connectivity index (χ0) is 15.6. The SMILES string of the molecule is Cc1cc(F)ccc1NS(=O)(=O)c1ccc(C(C)N)cc1. The van der Waals surface area contributed by atoms with Crippen LogP contribution in [0.5, 0.6) is 0 Å². The number of aryl methyl sites for hydroxylation is 1. The van der Waals surface area contributed by atoms with Crippen molar-refractivity contribution in [3.05, 3.63) is 59.4 Å². The highest BCUT2D eigenvalue weighted by Crippen LogP contribution is 2.21. The lowest BCUT2D eigenvalue weighted by molar-refractivity contribution is 0.600. The quantitative estimate of drug-likeness (QED) is 0.912. The minimum Gasteiger partial charge on any atom is -0.324 e. The Bertz CT molecular complexity index is 741. The van der Waals surface area contributed by atoms with Crippen LogP contribution in [-0.2, 0) is 10.0 Å². The first-order valence-corrected chi connectivity index (χ1v) is 7.92. The van der Waals surface area contributed by atoms with Crippen LogP contribution in [-0.4, -0.2) is 8.42 Å². The Hall–Kier alpha value is -1.92. The maximum absolute atomic E-state index is 13.0. The van der Waals surface area contributed by atoms with Crippen LogP contribution in [0.1, 0.15) is 24.1 Å². The van der Waals surface area contributed by atoms with Crippen LogP contribution in [0.2, 0.25) is 0 Å². The van der Waals surface area contributed by atoms with Gasteiger partial charge in [-0.2, -0.15) is 0 Å². The van der Waals surface area contributed by atoms with Crippen molar-refractivity contribution in [1.82, 2.24) is 0 Å². The van der Waals surface area contributed by atoms with E-state index in [9.17, 15) is 12.8 Å². The van der Waals surface area contributed by atoms with Crippen LogP contribution in [0.15, 0.2) is 47.4 Å². The Morgan fingerprint density at radius 3 is 2.29 bits per heavy atom. The Morgan fingerprint density at radius 1 is 1.14 bits per heavy atom. The molecule has 0 heterocycles. The summed E-state index contributed by atoms with van der Waals surface area (Å²) < 4.78 is 40.1. The molecule has 0 bridgehead atoms. The third kappa shape index (κ3) is 3.59. The van der Waals surface area contributed by atoms with Crippen molar-refractivity contribution in [3.8, 4) is 0 Å². The van der Waals surface area contributed by atoms with E-state index in [0.29, 0.717) is 11.3 Å². The Morgan fingerprint density at radius 2 is 1.76 bits per heavy atom. The predicted molar refractivity (Wildman–Crippen MR) is 81.0 cm³/mol. The summed E-state index contributed by atoms with van der Waals surface area (Å²) in [5.74, 6) is -0.406. The molecule has 112 valence electrons. The number of sulfonamides is 1. The normalized spacial score (nSPS) is 13.0. The van der Waals surface area contributed by atoms with E-state index >= 15 is 0 Å². The van der Waals surface area contributed by atoms with E-state index in [2.05, 4.69) is 4.72 Å². The van der Waals surface area contributed by atoms with Gasteiger partial charge >= 0.3 is 0 Å². The summed E-state index contributed by atoms with van der Waals surface area (Å²) in [5.41, 5.74) is 7.46. The van der Waals surface area contributed by atoms with E-state index in [-0.39, 0.29) is 10.9 Å². The highest BCUT2D eigenvalue weighted by atomic mass is 32.2. The fourth-order valence-electron chi connectivity index (χ4n) is 1.90. The highest BCUT2D eigenvalue weighted by molar-refractivity contribution is 7.92. The van der Waals surface area contributed by atoms with Gasteiger partial charge in [0.2, 0.25) is 0 Å². The van der Waals surface area contributed by atoms with Crippen LogP contribution in [0.4, 0.5) is 10.1 Å². The van der Waals surface area contributed by atoms with Gasteiger partial charge in [0.15, 0.2) is 0 Å². The maximum atomic E-state index is 13.0. The number of halogens is 1. The highest BCUT2D eigenvalue weighted by Gasteiger charge is 2.15. The Labute approximate surface area is 123 Å². The van der Waals surface area contributed by atoms with Gasteiger partial charge in [0, 0.05) is 6.04 Å². The first-order chi connectivity index (χ1) is 9.79. The molecule has 0 aliphatic heterocycles. The molecule has 21 heavy (non-hydrogen) atoms. The fourth-order valence-corrected chi connectivity index (χ4v) is 3.03. The Balaban J connectivity index is 2.29. The fraction of sp³-hybridized carbons (Fsp3) is 0.200. The molecular formula is C15H17FN2O2S. The van der Waals surface area contributed by atoms with Gasteiger partial charge in [0.05, 0.1) is 10.6 Å². The summed E-state index contributed by atoms with van der Waals surface area (Å²) in [6.45, 7) is 3.46. The lowest BCUT2D eigenvalue weighted by Crippen LogP contribution is -2.14. The minimum absolute atomic E-state index is 0.135. The molecule has 0 saturated heterocycles. The smallest absolute Gasteiger partial charge is 0.261 e. The molecule has 0 aromatic heterocycles. The van der Waals surface area contributed by atoms with E-state index in [4.69, 9.17) is 5.73 Å². The Kier molecular flexibility index (Phi) is 4.29. The molecule has 0 fully saturated rings. The lowest BCUT2D eigenvalue weighted by atomic mass is 10.1. The number of nitrogens with two attached hydrogens (primary N) is 1. The topological polar surface area (TPSA) is 72.2 Å². The van der Waals surface area contributed by atoms with Gasteiger partial charge in [-0.05, 0) is 55.3 Å². The van der Waals surface area contributed by atoms with Crippen molar-refractivity contribution in [2.45, 2.75) is 24.8 Å². The van der Waals surface area contributed by atoms with E-state index < -0.39 is 15.8 Å². The van der Waals surface area contributed by atoms with Gasteiger partial charge < -0.3 is 5.73 Å². The van der Waals surface area contributed by atoms with Crippen LogP contribution < -0.4 is 10.5 Å². The molecule has 0 saturated carbocycles. The molecule has 4 nitrogen and oxygen atoms in total. The number of nitrogens with one attached hydrogen (secondary N) is 1. The second-order valence-corrected chi connectivity index (χ2v) is 6.60. The van der Waals surface area contributed by atoms with Crippen LogP contribution in [0.3, 0.4) is 0 Å². The molecule has 1 atom stereocenters. The lowest BCUT2D eigenvalue weighted by Gasteiger charge is -2.12. The number of hydrogen-bond acceptors (Lipinski definition) is 3. The van der Waals surface area contributed by atoms with Gasteiger partial charge in [0.1, 0.15) is 5.82 Å². The molecule has 6 heteroatoms. The summed E-state index contributed by atoms with van der Waals surface area (Å²) in [7, 11) is -3.70. The van der Waals surface area contributed by atoms with Gasteiger partial charge in [-0.25, -0.2) is 12.8 Å². The van der Waals surface area contributed by atoms with Crippen molar-refractivity contribution in [2.75, 3.05) is 4.72 Å². The monoisotopic (exact) mass is 308 g/mol. The molecule has 1 unspecified atom stereocenters. The maximum Gasteiger partial charge on any atom is 0.261 e. The molecular weight excluding hydrogens is 291 g/mol. The summed E-state index contributed by atoms with van der Waals surface area (Å²) in [5, 5.41) is 0. The van der Waals surface area contributed by atoms with Crippen LogP contribution in [0.25, 0.3) is 0 Å². The average Bonchev–Trinajstić information content (AvgIpc) is 2.42. The number of rotatable bonds is 4. The molecule has 2 rings (SSSR count). The summed E-state index contributed by atoms with van der Waals surface area (Å²) in [6.07, 6.45) is 0. The van der Waals surface area contributed by atoms with E-state index in [1.54, 1.807) is 19.1 Å². The largest absolute Gasteiger partial charge is 0.324 e. The molecule has 0 aliphatic rings. The van der Waals surface area contributed by atoms with Crippen molar-refractivity contribution in [3.63, 3.8) is 0 Å². The van der Waals surface area contributed by atoms with Crippen molar-refractivity contribution in [2.24, 2.45) is 5.73 Å². The second kappa shape index (κ2) is 5.83. The zero-order valence-corrected chi connectivity index (χ0v) is 12.6. The molecule has 0 amide bonds. The third-order valence-corrected chi connectivity index (χ3v) is 4.53. The summed E-state index contributed by atoms with van der Waals surface area (Å²) in [6, 6.07) is 10.1. The molecule has 0 spiro atoms. The second-order valence-electron chi connectivity index (χ2n) is 4.92. The molecule has 2 aromatic carbocycles. The molecule has 3 N–H and O–H groups in total. The van der Waals surface area contributed by atoms with E-state index in [0.717, 1.165) is 5.56 Å². The summed E-state index contributed by atoms with van der Waals surface area (Å²) in [4.78, 5) is 0.135. The van der Waals surface area contributed by atoms with Gasteiger partial charge in [-0.1, -0.05) is 12.1 Å². The molecule has 2 aromatic rings. The first-order valence-electron chi connectivity index (χ1n) is 6.44. The number of anilines is 1. The summed E-state index contributed by atoms with van der Waals surface area (Å²) >= 11 is 0. The number of hydrogen-bond donors (Lipinski definition) is 2. The number of benzene rings is 2. The van der Waals surface area contributed by atoms with Crippen molar-refractivity contribution >= 4 is 15.7 Å².